The predicted octanol–water partition coefficient (Wildman–Crippen LogP) is 4.82. The van der Waals surface area contributed by atoms with E-state index in [0.29, 0.717) is 21.5 Å². The molecule has 0 saturated carbocycles. The third-order valence-corrected chi connectivity index (χ3v) is 4.22. The molecule has 122 valence electrons. The first-order chi connectivity index (χ1) is 11.4. The zero-order valence-electron chi connectivity index (χ0n) is 13.7. The van der Waals surface area contributed by atoms with E-state index in [1.807, 2.05) is 32.0 Å². The first-order valence-corrected chi connectivity index (χ1v) is 7.95. The highest BCUT2D eigenvalue weighted by Gasteiger charge is 2.18. The van der Waals surface area contributed by atoms with E-state index in [0.717, 1.165) is 16.8 Å². The summed E-state index contributed by atoms with van der Waals surface area (Å²) in [6.07, 6.45) is 1.56. The third kappa shape index (κ3) is 2.93. The second-order valence-corrected chi connectivity index (χ2v) is 6.30. The van der Waals surface area contributed by atoms with Crippen LogP contribution < -0.4 is 5.32 Å². The summed E-state index contributed by atoms with van der Waals surface area (Å²) in [6.45, 7) is 5.40. The number of halogens is 1. The molecule has 1 heterocycles. The number of rotatable bonds is 2. The molecule has 0 unspecified atom stereocenters. The number of aryl methyl sites for hydroxylation is 2. The molecule has 1 aromatic heterocycles. The Labute approximate surface area is 145 Å². The average Bonchev–Trinajstić information content (AvgIpc) is 2.89. The summed E-state index contributed by atoms with van der Waals surface area (Å²) < 4.78 is 1.46. The number of nitrogens with one attached hydrogen (secondary N) is 1. The molecule has 1 N–H and O–H groups in total. The fraction of sp³-hybridized carbons (Fsp3) is 0.158. The largest absolute Gasteiger partial charge is 0.322 e. The molecule has 0 bridgehead atoms. The van der Waals surface area contributed by atoms with Crippen LogP contribution in [-0.4, -0.2) is 16.4 Å². The van der Waals surface area contributed by atoms with Crippen LogP contribution in [0.2, 0.25) is 5.02 Å². The van der Waals surface area contributed by atoms with E-state index in [4.69, 9.17) is 11.6 Å². The minimum atomic E-state index is -0.269. The zero-order chi connectivity index (χ0) is 17.4. The Balaban J connectivity index is 2.06. The molecule has 0 aliphatic rings. The molecule has 5 heteroatoms. The van der Waals surface area contributed by atoms with Crippen LogP contribution in [0.5, 0.6) is 0 Å². The van der Waals surface area contributed by atoms with Gasteiger partial charge in [-0.1, -0.05) is 29.3 Å². The summed E-state index contributed by atoms with van der Waals surface area (Å²) >= 11 is 6.06. The van der Waals surface area contributed by atoms with Gasteiger partial charge in [-0.05, 0) is 43.7 Å². The van der Waals surface area contributed by atoms with Gasteiger partial charge in [0.15, 0.2) is 0 Å². The lowest BCUT2D eigenvalue weighted by Gasteiger charge is -2.08. The fourth-order valence-electron chi connectivity index (χ4n) is 2.79. The Kier molecular flexibility index (Phi) is 4.16. The van der Waals surface area contributed by atoms with Crippen molar-refractivity contribution in [2.24, 2.45) is 0 Å². The molecule has 1 amide bonds. The molecule has 24 heavy (non-hydrogen) atoms. The lowest BCUT2D eigenvalue weighted by molar-refractivity contribution is 0.0941. The number of hydrogen-bond acceptors (Lipinski definition) is 2. The van der Waals surface area contributed by atoms with E-state index in [-0.39, 0.29) is 11.8 Å². The van der Waals surface area contributed by atoms with Crippen LogP contribution in [0.3, 0.4) is 0 Å². The standard InChI is InChI=1S/C19H17ClN2O2/c1-11-4-6-17(12(2)8-11)21-19(24)16-10-22(13(3)23)18-7-5-14(20)9-15(16)18/h4-10H,1-3H3,(H,21,24). The van der Waals surface area contributed by atoms with Crippen molar-refractivity contribution in [1.82, 2.24) is 4.57 Å². The monoisotopic (exact) mass is 340 g/mol. The van der Waals surface area contributed by atoms with Gasteiger partial charge in [-0.15, -0.1) is 0 Å². The van der Waals surface area contributed by atoms with Crippen molar-refractivity contribution in [3.8, 4) is 0 Å². The number of hydrogen-bond donors (Lipinski definition) is 1. The maximum absolute atomic E-state index is 12.7. The summed E-state index contributed by atoms with van der Waals surface area (Å²) in [6, 6.07) is 11.0. The summed E-state index contributed by atoms with van der Waals surface area (Å²) in [5, 5.41) is 4.08. The van der Waals surface area contributed by atoms with Gasteiger partial charge in [-0.3, -0.25) is 14.2 Å². The Morgan fingerprint density at radius 2 is 1.83 bits per heavy atom. The minimum Gasteiger partial charge on any atom is -0.322 e. The zero-order valence-corrected chi connectivity index (χ0v) is 14.4. The van der Waals surface area contributed by atoms with E-state index in [2.05, 4.69) is 5.32 Å². The second kappa shape index (κ2) is 6.13. The van der Waals surface area contributed by atoms with Gasteiger partial charge in [0.2, 0.25) is 5.91 Å². The number of carbonyl (C=O) groups excluding carboxylic acids is 2. The van der Waals surface area contributed by atoms with Crippen molar-refractivity contribution in [2.75, 3.05) is 5.32 Å². The molecule has 0 atom stereocenters. The molecule has 4 nitrogen and oxygen atoms in total. The lowest BCUT2D eigenvalue weighted by Crippen LogP contribution is -2.13. The van der Waals surface area contributed by atoms with Crippen LogP contribution >= 0.6 is 11.6 Å². The smallest absolute Gasteiger partial charge is 0.257 e. The topological polar surface area (TPSA) is 51.1 Å². The second-order valence-electron chi connectivity index (χ2n) is 5.87. The Bertz CT molecular complexity index is 973. The number of amides is 1. The highest BCUT2D eigenvalue weighted by atomic mass is 35.5. The number of aromatic nitrogens is 1. The summed E-state index contributed by atoms with van der Waals surface area (Å²) in [5.74, 6) is -0.429. The van der Waals surface area contributed by atoms with Crippen molar-refractivity contribution >= 4 is 40.0 Å². The van der Waals surface area contributed by atoms with E-state index < -0.39 is 0 Å². The lowest BCUT2D eigenvalue weighted by atomic mass is 10.1. The molecule has 0 aliphatic heterocycles. The molecule has 0 saturated heterocycles. The van der Waals surface area contributed by atoms with Crippen molar-refractivity contribution in [3.63, 3.8) is 0 Å². The first-order valence-electron chi connectivity index (χ1n) is 7.57. The molecule has 0 radical (unpaired) electrons. The molecule has 3 aromatic rings. The van der Waals surface area contributed by atoms with Crippen LogP contribution in [0.1, 0.15) is 33.2 Å². The highest BCUT2D eigenvalue weighted by Crippen LogP contribution is 2.26. The maximum atomic E-state index is 12.7. The molecule has 0 aliphatic carbocycles. The van der Waals surface area contributed by atoms with Crippen LogP contribution in [0.4, 0.5) is 5.69 Å². The van der Waals surface area contributed by atoms with E-state index in [9.17, 15) is 9.59 Å². The molecule has 0 fully saturated rings. The van der Waals surface area contributed by atoms with E-state index in [1.165, 1.54) is 11.5 Å². The van der Waals surface area contributed by atoms with Gasteiger partial charge in [0.25, 0.3) is 5.91 Å². The first kappa shape index (κ1) is 16.3. The number of carbonyl (C=O) groups is 2. The summed E-state index contributed by atoms with van der Waals surface area (Å²) in [7, 11) is 0. The molecule has 0 spiro atoms. The van der Waals surface area contributed by atoms with Crippen molar-refractivity contribution in [3.05, 3.63) is 64.3 Å². The average molecular weight is 341 g/mol. The van der Waals surface area contributed by atoms with Gasteiger partial charge in [0.1, 0.15) is 0 Å². The minimum absolute atomic E-state index is 0.159. The summed E-state index contributed by atoms with van der Waals surface area (Å²) in [5.41, 5.74) is 3.94. The SMILES string of the molecule is CC(=O)n1cc(C(=O)Nc2ccc(C)cc2C)c2cc(Cl)ccc21. The van der Waals surface area contributed by atoms with Crippen molar-refractivity contribution in [2.45, 2.75) is 20.8 Å². The van der Waals surface area contributed by atoms with Crippen LogP contribution in [0.15, 0.2) is 42.6 Å². The van der Waals surface area contributed by atoms with E-state index in [1.54, 1.807) is 24.4 Å². The number of anilines is 1. The van der Waals surface area contributed by atoms with Gasteiger partial charge >= 0.3 is 0 Å². The highest BCUT2D eigenvalue weighted by molar-refractivity contribution is 6.31. The number of benzene rings is 2. The quantitative estimate of drug-likeness (QED) is 0.726. The van der Waals surface area contributed by atoms with Gasteiger partial charge in [-0.25, -0.2) is 0 Å². The van der Waals surface area contributed by atoms with Crippen LogP contribution in [-0.2, 0) is 0 Å². The normalized spacial score (nSPS) is 10.8. The molecule has 2 aromatic carbocycles. The fourth-order valence-corrected chi connectivity index (χ4v) is 2.96. The van der Waals surface area contributed by atoms with Gasteiger partial charge in [-0.2, -0.15) is 0 Å². The van der Waals surface area contributed by atoms with E-state index >= 15 is 0 Å². The van der Waals surface area contributed by atoms with Gasteiger partial charge in [0.05, 0.1) is 11.1 Å². The van der Waals surface area contributed by atoms with Gasteiger partial charge < -0.3 is 5.32 Å². The summed E-state index contributed by atoms with van der Waals surface area (Å²) in [4.78, 5) is 24.6. The molecular weight excluding hydrogens is 324 g/mol. The number of fused-ring (bicyclic) bond motifs is 1. The molecular formula is C19H17ClN2O2. The predicted molar refractivity (Wildman–Crippen MR) is 97.1 cm³/mol. The third-order valence-electron chi connectivity index (χ3n) is 3.98. The maximum Gasteiger partial charge on any atom is 0.257 e. The van der Waals surface area contributed by atoms with Crippen LogP contribution in [0.25, 0.3) is 10.9 Å². The number of nitrogens with zero attached hydrogens (tertiary/aromatic N) is 1. The van der Waals surface area contributed by atoms with Gasteiger partial charge in [0, 0.05) is 29.2 Å². The van der Waals surface area contributed by atoms with Crippen molar-refractivity contribution < 1.29 is 9.59 Å². The Morgan fingerprint density at radius 1 is 1.08 bits per heavy atom. The van der Waals surface area contributed by atoms with Crippen molar-refractivity contribution in [1.29, 1.82) is 0 Å². The Morgan fingerprint density at radius 3 is 2.50 bits per heavy atom. The van der Waals surface area contributed by atoms with Crippen LogP contribution in [0, 0.1) is 13.8 Å². The Hall–Kier alpha value is -2.59. The molecule has 3 rings (SSSR count).